The summed E-state index contributed by atoms with van der Waals surface area (Å²) in [6, 6.07) is 10.4. The number of thioether (sulfide) groups is 1. The Labute approximate surface area is 185 Å². The molecule has 0 radical (unpaired) electrons. The second kappa shape index (κ2) is 10.3. The van der Waals surface area contributed by atoms with E-state index in [4.69, 9.17) is 0 Å². The van der Waals surface area contributed by atoms with E-state index in [1.807, 2.05) is 25.1 Å². The van der Waals surface area contributed by atoms with Crippen molar-refractivity contribution in [1.82, 2.24) is 15.0 Å². The lowest BCUT2D eigenvalue weighted by Crippen LogP contribution is -2.22. The molecule has 0 saturated heterocycles. The van der Waals surface area contributed by atoms with Crippen molar-refractivity contribution in [1.29, 1.82) is 0 Å². The maximum absolute atomic E-state index is 12.4. The van der Waals surface area contributed by atoms with Crippen LogP contribution in [0.4, 0.5) is 5.69 Å². The molecule has 0 aliphatic carbocycles. The molecule has 1 unspecified atom stereocenters. The number of nitrogens with one attached hydrogen (secondary N) is 1. The number of fused-ring (bicyclic) bond motifs is 1. The van der Waals surface area contributed by atoms with Crippen LogP contribution in [-0.2, 0) is 14.3 Å². The topological polar surface area (TPSA) is 106 Å². The Morgan fingerprint density at radius 1 is 1.16 bits per heavy atom. The number of nitrogens with zero attached hydrogens (tertiary/aromatic N) is 3. The molecule has 0 aliphatic rings. The minimum atomic E-state index is -0.300. The molecule has 1 heterocycles. The predicted molar refractivity (Wildman–Crippen MR) is 121 cm³/mol. The summed E-state index contributed by atoms with van der Waals surface area (Å²) in [6.07, 6.45) is 2.54. The van der Waals surface area contributed by atoms with E-state index in [0.29, 0.717) is 22.4 Å². The number of rotatable bonds is 9. The standard InChI is InChI=1S/C22H26N4O4S/c1-4-6-14(5-2)22(29)23-15-7-10-19(20(27)11-15)26-24-17-9-8-16(12-18(17)25-26)31-13-21(28)30-3/h7-12,14,27H,4-6,13H2,1-3H3,(H,23,29). The highest BCUT2D eigenvalue weighted by molar-refractivity contribution is 8.00. The van der Waals surface area contributed by atoms with Crippen LogP contribution in [0.25, 0.3) is 16.7 Å². The smallest absolute Gasteiger partial charge is 0.315 e. The van der Waals surface area contributed by atoms with Gasteiger partial charge in [0.15, 0.2) is 0 Å². The molecule has 0 saturated carbocycles. The first kappa shape index (κ1) is 22.6. The van der Waals surface area contributed by atoms with Crippen LogP contribution in [0.1, 0.15) is 33.1 Å². The number of benzene rings is 2. The lowest BCUT2D eigenvalue weighted by molar-refractivity contribution is -0.137. The lowest BCUT2D eigenvalue weighted by atomic mass is 10.00. The molecule has 3 aromatic rings. The number of hydrogen-bond donors (Lipinski definition) is 2. The third-order valence-corrected chi connectivity index (χ3v) is 5.86. The average Bonchev–Trinajstić information content (AvgIpc) is 3.18. The molecule has 164 valence electrons. The third kappa shape index (κ3) is 5.55. The molecule has 2 N–H and O–H groups in total. The summed E-state index contributed by atoms with van der Waals surface area (Å²) in [5, 5.41) is 22.2. The Morgan fingerprint density at radius 2 is 1.94 bits per heavy atom. The zero-order chi connectivity index (χ0) is 22.4. The van der Waals surface area contributed by atoms with Crippen molar-refractivity contribution in [2.45, 2.75) is 38.0 Å². The Hall–Kier alpha value is -3.07. The van der Waals surface area contributed by atoms with Crippen molar-refractivity contribution < 1.29 is 19.4 Å². The second-order valence-corrected chi connectivity index (χ2v) is 8.14. The van der Waals surface area contributed by atoms with Crippen molar-refractivity contribution in [3.63, 3.8) is 0 Å². The number of carbonyl (C=O) groups excluding carboxylic acids is 2. The maximum Gasteiger partial charge on any atom is 0.315 e. The van der Waals surface area contributed by atoms with Gasteiger partial charge in [-0.25, -0.2) is 0 Å². The fourth-order valence-corrected chi connectivity index (χ4v) is 3.94. The highest BCUT2D eigenvalue weighted by Crippen LogP contribution is 2.27. The van der Waals surface area contributed by atoms with E-state index in [0.717, 1.165) is 24.2 Å². The summed E-state index contributed by atoms with van der Waals surface area (Å²) < 4.78 is 4.65. The normalized spacial score (nSPS) is 12.0. The predicted octanol–water partition coefficient (Wildman–Crippen LogP) is 4.16. The number of aromatic hydroxyl groups is 1. The van der Waals surface area contributed by atoms with Gasteiger partial charge in [0, 0.05) is 22.6 Å². The van der Waals surface area contributed by atoms with Crippen LogP contribution in [0.3, 0.4) is 0 Å². The van der Waals surface area contributed by atoms with Crippen LogP contribution in [0.15, 0.2) is 41.3 Å². The minimum absolute atomic E-state index is 0.0399. The van der Waals surface area contributed by atoms with Gasteiger partial charge in [0.05, 0.1) is 12.9 Å². The first-order valence-electron chi connectivity index (χ1n) is 10.2. The van der Waals surface area contributed by atoms with Gasteiger partial charge in [0.25, 0.3) is 0 Å². The van der Waals surface area contributed by atoms with Gasteiger partial charge in [-0.05, 0) is 43.2 Å². The number of hydrogen-bond acceptors (Lipinski definition) is 7. The van der Waals surface area contributed by atoms with Gasteiger partial charge in [-0.1, -0.05) is 20.3 Å². The van der Waals surface area contributed by atoms with Crippen LogP contribution in [-0.4, -0.2) is 44.8 Å². The van der Waals surface area contributed by atoms with Crippen LogP contribution >= 0.6 is 11.8 Å². The number of esters is 1. The lowest BCUT2D eigenvalue weighted by Gasteiger charge is -2.14. The molecule has 0 spiro atoms. The van der Waals surface area contributed by atoms with Crippen molar-refractivity contribution in [2.75, 3.05) is 18.2 Å². The highest BCUT2D eigenvalue weighted by atomic mass is 32.2. The molecule has 2 aromatic carbocycles. The monoisotopic (exact) mass is 442 g/mol. The summed E-state index contributed by atoms with van der Waals surface area (Å²) in [6.45, 7) is 4.05. The van der Waals surface area contributed by atoms with E-state index in [1.165, 1.54) is 29.7 Å². The second-order valence-electron chi connectivity index (χ2n) is 7.09. The number of carbonyl (C=O) groups is 2. The molecular weight excluding hydrogens is 416 g/mol. The largest absolute Gasteiger partial charge is 0.506 e. The maximum atomic E-state index is 12.4. The minimum Gasteiger partial charge on any atom is -0.506 e. The van der Waals surface area contributed by atoms with E-state index < -0.39 is 0 Å². The van der Waals surface area contributed by atoms with Crippen molar-refractivity contribution in [3.8, 4) is 11.4 Å². The zero-order valence-corrected chi connectivity index (χ0v) is 18.6. The summed E-state index contributed by atoms with van der Waals surface area (Å²) in [5.41, 5.74) is 2.22. The van der Waals surface area contributed by atoms with E-state index >= 15 is 0 Å². The summed E-state index contributed by atoms with van der Waals surface area (Å²) in [5.74, 6) is -0.221. The molecule has 1 aromatic heterocycles. The van der Waals surface area contributed by atoms with E-state index in [9.17, 15) is 14.7 Å². The summed E-state index contributed by atoms with van der Waals surface area (Å²) in [7, 11) is 1.36. The Morgan fingerprint density at radius 3 is 2.61 bits per heavy atom. The molecule has 0 fully saturated rings. The number of phenolic OH excluding ortho intramolecular Hbond substituents is 1. The van der Waals surface area contributed by atoms with Crippen LogP contribution < -0.4 is 5.32 Å². The average molecular weight is 443 g/mol. The number of amides is 1. The van der Waals surface area contributed by atoms with Gasteiger partial charge >= 0.3 is 5.97 Å². The number of aromatic nitrogens is 3. The van der Waals surface area contributed by atoms with Crippen LogP contribution in [0.5, 0.6) is 5.75 Å². The fourth-order valence-electron chi connectivity index (χ4n) is 3.18. The fraction of sp³-hybridized carbons (Fsp3) is 0.364. The SMILES string of the molecule is CCCC(CC)C(=O)Nc1ccc(-n2nc3ccc(SCC(=O)OC)cc3n2)c(O)c1. The van der Waals surface area contributed by atoms with Gasteiger partial charge in [-0.2, -0.15) is 0 Å². The molecule has 1 amide bonds. The molecule has 0 aliphatic heterocycles. The number of anilines is 1. The van der Waals surface area contributed by atoms with E-state index in [-0.39, 0.29) is 29.3 Å². The molecule has 0 bridgehead atoms. The first-order chi connectivity index (χ1) is 14.9. The first-order valence-corrected chi connectivity index (χ1v) is 11.1. The van der Waals surface area contributed by atoms with Crippen molar-refractivity contribution in [3.05, 3.63) is 36.4 Å². The van der Waals surface area contributed by atoms with Gasteiger partial charge in [-0.15, -0.1) is 26.8 Å². The van der Waals surface area contributed by atoms with Gasteiger partial charge < -0.3 is 15.2 Å². The Balaban J connectivity index is 1.77. The van der Waals surface area contributed by atoms with E-state index in [2.05, 4.69) is 27.2 Å². The highest BCUT2D eigenvalue weighted by Gasteiger charge is 2.17. The third-order valence-electron chi connectivity index (χ3n) is 4.90. The molecule has 8 nitrogen and oxygen atoms in total. The molecule has 9 heteroatoms. The van der Waals surface area contributed by atoms with Crippen LogP contribution in [0.2, 0.25) is 0 Å². The molecule has 31 heavy (non-hydrogen) atoms. The molecule has 3 rings (SSSR count). The van der Waals surface area contributed by atoms with Gasteiger partial charge in [0.2, 0.25) is 5.91 Å². The number of phenols is 1. The van der Waals surface area contributed by atoms with Crippen molar-refractivity contribution >= 4 is 40.4 Å². The summed E-state index contributed by atoms with van der Waals surface area (Å²) >= 11 is 1.35. The quantitative estimate of drug-likeness (QED) is 0.379. The Kier molecular flexibility index (Phi) is 7.51. The van der Waals surface area contributed by atoms with Gasteiger partial charge in [-0.3, -0.25) is 9.59 Å². The van der Waals surface area contributed by atoms with Gasteiger partial charge in [0.1, 0.15) is 22.5 Å². The number of methoxy groups -OCH3 is 1. The Bertz CT molecular complexity index is 1080. The van der Waals surface area contributed by atoms with E-state index in [1.54, 1.807) is 12.1 Å². The summed E-state index contributed by atoms with van der Waals surface area (Å²) in [4.78, 5) is 26.0. The van der Waals surface area contributed by atoms with Crippen LogP contribution in [0, 0.1) is 5.92 Å². The van der Waals surface area contributed by atoms with Crippen molar-refractivity contribution in [2.24, 2.45) is 5.92 Å². The zero-order valence-electron chi connectivity index (χ0n) is 17.8. The molecule has 1 atom stereocenters. The number of ether oxygens (including phenoxy) is 1. The molecular formula is C22H26N4O4S.